The van der Waals surface area contributed by atoms with E-state index in [4.69, 9.17) is 27.5 Å². The molecule has 0 spiro atoms. The number of hydrogen-bond acceptors (Lipinski definition) is 5. The summed E-state index contributed by atoms with van der Waals surface area (Å²) in [7, 11) is 0. The summed E-state index contributed by atoms with van der Waals surface area (Å²) in [6, 6.07) is 3.77. The minimum Gasteiger partial charge on any atom is -0.373 e. The van der Waals surface area contributed by atoms with E-state index in [1.54, 1.807) is 6.07 Å². The van der Waals surface area contributed by atoms with Crippen molar-refractivity contribution in [2.24, 2.45) is 10.7 Å². The molecule has 2 atom stereocenters. The maximum atomic E-state index is 11.0. The zero-order chi connectivity index (χ0) is 19.6. The molecule has 1 amide bonds. The van der Waals surface area contributed by atoms with Gasteiger partial charge in [-0.3, -0.25) is 9.69 Å². The predicted molar refractivity (Wildman–Crippen MR) is 105 cm³/mol. The lowest BCUT2D eigenvalue weighted by atomic mass is 10.1. The van der Waals surface area contributed by atoms with Gasteiger partial charge in [0.1, 0.15) is 0 Å². The largest absolute Gasteiger partial charge is 0.373 e. The fraction of sp³-hybridized carbons (Fsp3) is 0.500. The van der Waals surface area contributed by atoms with E-state index in [0.29, 0.717) is 23.2 Å². The van der Waals surface area contributed by atoms with Gasteiger partial charge in [0.25, 0.3) is 6.02 Å². The van der Waals surface area contributed by atoms with E-state index >= 15 is 0 Å². The van der Waals surface area contributed by atoms with Crippen LogP contribution in [0.25, 0.3) is 0 Å². The lowest BCUT2D eigenvalue weighted by Gasteiger charge is -2.32. The second-order valence-electron chi connectivity index (χ2n) is 7.08. The Hall–Kier alpha value is -2.16. The summed E-state index contributed by atoms with van der Waals surface area (Å²) < 4.78 is 5.35. The highest BCUT2D eigenvalue weighted by atomic mass is 35.5. The number of amides is 1. The van der Waals surface area contributed by atoms with Crippen molar-refractivity contribution >= 4 is 35.1 Å². The Bertz CT molecular complexity index is 773. The molecule has 0 bridgehead atoms. The number of benzene rings is 1. The normalized spacial score (nSPS) is 23.5. The molecule has 1 aromatic carbocycles. The zero-order valence-corrected chi connectivity index (χ0v) is 16.3. The van der Waals surface area contributed by atoms with Gasteiger partial charge in [0.05, 0.1) is 12.1 Å². The molecule has 27 heavy (non-hydrogen) atoms. The molecule has 0 aliphatic carbocycles. The van der Waals surface area contributed by atoms with Crippen LogP contribution in [0.4, 0.5) is 5.69 Å². The fourth-order valence-corrected chi connectivity index (χ4v) is 3.50. The number of ether oxygens (including phenoxy) is 1. The van der Waals surface area contributed by atoms with Crippen LogP contribution >= 0.6 is 11.6 Å². The second-order valence-corrected chi connectivity index (χ2v) is 7.51. The van der Waals surface area contributed by atoms with Crippen molar-refractivity contribution in [2.75, 3.05) is 19.6 Å². The third-order valence-corrected chi connectivity index (χ3v) is 5.04. The number of nitrogens with two attached hydrogens (primary N) is 2. The summed E-state index contributed by atoms with van der Waals surface area (Å²) in [6.45, 7) is 7.90. The fourth-order valence-electron chi connectivity index (χ4n) is 3.26. The number of carbonyl (C=O) groups is 1. The number of carbonyl (C=O) groups excluding carboxylic acids is 1. The number of nitrogens with zero attached hydrogens (tertiary/aromatic N) is 2. The topological polar surface area (TPSA) is 118 Å². The molecule has 1 aromatic rings. The molecule has 0 radical (unpaired) electrons. The molecule has 0 unspecified atom stereocenters. The van der Waals surface area contributed by atoms with Gasteiger partial charge in [-0.05, 0) is 37.1 Å². The molecular formula is C18H26ClN6O2+. The number of aliphatic imine (C=N–C) groups is 1. The number of piperazine rings is 1. The van der Waals surface area contributed by atoms with Crippen molar-refractivity contribution < 1.29 is 14.9 Å². The number of halogens is 1. The SMILES string of the molecule is Cc1c(CN2CCN[C@@H](C)C2)cc(Cl)cc1N=C(N)OC(=[NH2+])[C@@H]1CC(=O)N1. The van der Waals surface area contributed by atoms with E-state index in [9.17, 15) is 4.79 Å². The molecule has 2 saturated heterocycles. The van der Waals surface area contributed by atoms with Crippen molar-refractivity contribution in [1.29, 1.82) is 0 Å². The third-order valence-electron chi connectivity index (χ3n) is 4.82. The number of amidine groups is 1. The first-order chi connectivity index (χ1) is 12.8. The Kier molecular flexibility index (Phi) is 5.98. The van der Waals surface area contributed by atoms with Crippen molar-refractivity contribution in [3.63, 3.8) is 0 Å². The van der Waals surface area contributed by atoms with Crippen molar-refractivity contribution in [2.45, 2.75) is 38.9 Å². The van der Waals surface area contributed by atoms with E-state index in [0.717, 1.165) is 37.3 Å². The van der Waals surface area contributed by atoms with E-state index in [1.807, 2.05) is 13.0 Å². The van der Waals surface area contributed by atoms with Crippen LogP contribution in [0, 0.1) is 6.92 Å². The molecule has 0 aromatic heterocycles. The second kappa shape index (κ2) is 8.24. The van der Waals surface area contributed by atoms with Gasteiger partial charge in [-0.1, -0.05) is 11.6 Å². The van der Waals surface area contributed by atoms with Gasteiger partial charge in [-0.2, -0.15) is 4.99 Å². The van der Waals surface area contributed by atoms with Gasteiger partial charge in [0.15, 0.2) is 6.04 Å². The number of β-lactam (4-membered cyclic amide) rings is 1. The first-order valence-electron chi connectivity index (χ1n) is 9.00. The van der Waals surface area contributed by atoms with Gasteiger partial charge >= 0.3 is 5.90 Å². The average Bonchev–Trinajstić information content (AvgIpc) is 2.56. The Morgan fingerprint density at radius 1 is 1.52 bits per heavy atom. The molecule has 2 fully saturated rings. The molecule has 0 saturated carbocycles. The van der Waals surface area contributed by atoms with E-state index < -0.39 is 0 Å². The Balaban J connectivity index is 1.72. The maximum Gasteiger partial charge on any atom is 0.364 e. The van der Waals surface area contributed by atoms with Crippen LogP contribution in [0.3, 0.4) is 0 Å². The first-order valence-corrected chi connectivity index (χ1v) is 9.38. The van der Waals surface area contributed by atoms with Crippen LogP contribution in [0.2, 0.25) is 5.02 Å². The smallest absolute Gasteiger partial charge is 0.364 e. The minimum atomic E-state index is -0.322. The van der Waals surface area contributed by atoms with Crippen LogP contribution in [-0.2, 0) is 16.1 Å². The zero-order valence-electron chi connectivity index (χ0n) is 15.6. The van der Waals surface area contributed by atoms with Crippen LogP contribution in [-0.4, -0.2) is 54.4 Å². The van der Waals surface area contributed by atoms with Gasteiger partial charge in [0, 0.05) is 37.2 Å². The highest BCUT2D eigenvalue weighted by Gasteiger charge is 2.35. The predicted octanol–water partition coefficient (Wildman–Crippen LogP) is -0.549. The molecule has 9 heteroatoms. The molecule has 146 valence electrons. The summed E-state index contributed by atoms with van der Waals surface area (Å²) in [6.07, 6.45) is 0.294. The number of rotatable bonds is 4. The molecule has 8 nitrogen and oxygen atoms in total. The summed E-state index contributed by atoms with van der Waals surface area (Å²) >= 11 is 6.30. The van der Waals surface area contributed by atoms with Gasteiger partial charge in [-0.25, -0.2) is 5.41 Å². The molecule has 2 aliphatic rings. The van der Waals surface area contributed by atoms with E-state index in [-0.39, 0.29) is 23.9 Å². The van der Waals surface area contributed by atoms with Gasteiger partial charge in [-0.15, -0.1) is 0 Å². The highest BCUT2D eigenvalue weighted by Crippen LogP contribution is 2.28. The lowest BCUT2D eigenvalue weighted by Crippen LogP contribution is -2.63. The van der Waals surface area contributed by atoms with E-state index in [2.05, 4.69) is 27.4 Å². The molecule has 2 aliphatic heterocycles. The third kappa shape index (κ3) is 4.97. The van der Waals surface area contributed by atoms with Crippen LogP contribution in [0.15, 0.2) is 17.1 Å². The number of nitrogens with one attached hydrogen (secondary N) is 2. The summed E-state index contributed by atoms with van der Waals surface area (Å²) in [5, 5.41) is 12.5. The monoisotopic (exact) mass is 393 g/mol. The summed E-state index contributed by atoms with van der Waals surface area (Å²) in [4.78, 5) is 17.7. The Morgan fingerprint density at radius 2 is 2.26 bits per heavy atom. The Labute approximate surface area is 163 Å². The van der Waals surface area contributed by atoms with Crippen LogP contribution < -0.4 is 21.8 Å². The Morgan fingerprint density at radius 3 is 2.93 bits per heavy atom. The summed E-state index contributed by atoms with van der Waals surface area (Å²) in [5.41, 5.74) is 8.62. The molecule has 6 N–H and O–H groups in total. The molecular weight excluding hydrogens is 368 g/mol. The molecule has 3 rings (SSSR count). The molecule has 2 heterocycles. The first kappa shape index (κ1) is 19.6. The van der Waals surface area contributed by atoms with Crippen LogP contribution in [0.1, 0.15) is 24.5 Å². The van der Waals surface area contributed by atoms with Crippen molar-refractivity contribution in [3.8, 4) is 0 Å². The lowest BCUT2D eigenvalue weighted by molar-refractivity contribution is -0.146. The van der Waals surface area contributed by atoms with Gasteiger partial charge < -0.3 is 21.1 Å². The standard InChI is InChI=1S/C18H25ClN6O2/c1-10-8-25(4-3-22-10)9-12-5-13(19)6-14(11(12)2)24-18(21)27-17(20)15-7-16(26)23-15/h5-6,10,15,20,22H,3-4,7-9H2,1-2H3,(H2,21,24)(H,23,26)/p+1/t10-,15-/m0/s1. The van der Waals surface area contributed by atoms with Gasteiger partial charge in [0.2, 0.25) is 5.91 Å². The quantitative estimate of drug-likeness (QED) is 0.311. The van der Waals surface area contributed by atoms with Crippen molar-refractivity contribution in [3.05, 3.63) is 28.3 Å². The number of hydrogen-bond donors (Lipinski definition) is 4. The van der Waals surface area contributed by atoms with Crippen LogP contribution in [0.5, 0.6) is 0 Å². The van der Waals surface area contributed by atoms with E-state index in [1.165, 1.54) is 0 Å². The minimum absolute atomic E-state index is 0.0698. The highest BCUT2D eigenvalue weighted by molar-refractivity contribution is 6.31. The average molecular weight is 394 g/mol. The summed E-state index contributed by atoms with van der Waals surface area (Å²) in [5.74, 6) is 0.0603. The maximum absolute atomic E-state index is 11.0. The van der Waals surface area contributed by atoms with Crippen molar-refractivity contribution in [1.82, 2.24) is 15.5 Å².